The van der Waals surface area contributed by atoms with Gasteiger partial charge in [0.1, 0.15) is 0 Å². The predicted octanol–water partition coefficient (Wildman–Crippen LogP) is 4.54. The summed E-state index contributed by atoms with van der Waals surface area (Å²) in [6.07, 6.45) is 2.90. The number of methoxy groups -OCH3 is 1. The van der Waals surface area contributed by atoms with E-state index < -0.39 is 5.97 Å². The summed E-state index contributed by atoms with van der Waals surface area (Å²) < 4.78 is 5.24. The van der Waals surface area contributed by atoms with Gasteiger partial charge in [-0.25, -0.2) is 9.78 Å². The predicted molar refractivity (Wildman–Crippen MR) is 93.6 cm³/mol. The Morgan fingerprint density at radius 3 is 2.74 bits per heavy atom. The fourth-order valence-electron chi connectivity index (χ4n) is 3.19. The van der Waals surface area contributed by atoms with E-state index in [1.165, 1.54) is 4.88 Å². The lowest BCUT2D eigenvalue weighted by molar-refractivity contribution is 0.0696. The number of thiophene rings is 1. The molecule has 3 rings (SSSR count). The first-order valence-corrected chi connectivity index (χ1v) is 9.29. The summed E-state index contributed by atoms with van der Waals surface area (Å²) in [5.41, 5.74) is 2.52. The maximum absolute atomic E-state index is 12.0. The number of hydrogen-bond acceptors (Lipinski definition) is 5. The van der Waals surface area contributed by atoms with Crippen LogP contribution >= 0.6 is 22.7 Å². The molecule has 1 aliphatic carbocycles. The van der Waals surface area contributed by atoms with E-state index >= 15 is 0 Å². The van der Waals surface area contributed by atoms with E-state index in [0.29, 0.717) is 12.2 Å². The van der Waals surface area contributed by atoms with Crippen molar-refractivity contribution in [3.05, 3.63) is 26.7 Å². The summed E-state index contributed by atoms with van der Waals surface area (Å²) in [5.74, 6) is -0.829. The molecule has 0 unspecified atom stereocenters. The lowest BCUT2D eigenvalue weighted by atomic mass is 9.76. The van der Waals surface area contributed by atoms with Crippen molar-refractivity contribution in [3.63, 3.8) is 0 Å². The average molecular weight is 351 g/mol. The van der Waals surface area contributed by atoms with Gasteiger partial charge in [-0.3, -0.25) is 0 Å². The van der Waals surface area contributed by atoms with Gasteiger partial charge < -0.3 is 9.84 Å². The van der Waals surface area contributed by atoms with Crippen molar-refractivity contribution < 1.29 is 14.6 Å². The molecule has 4 nitrogen and oxygen atoms in total. The summed E-state index contributed by atoms with van der Waals surface area (Å²) in [6, 6.07) is 0. The van der Waals surface area contributed by atoms with Gasteiger partial charge in [0.25, 0.3) is 0 Å². The van der Waals surface area contributed by atoms with Gasteiger partial charge in [-0.15, -0.1) is 22.7 Å². The molecular weight excluding hydrogens is 330 g/mol. The summed E-state index contributed by atoms with van der Waals surface area (Å²) in [5, 5.41) is 10.8. The van der Waals surface area contributed by atoms with Crippen LogP contribution in [0.3, 0.4) is 0 Å². The fourth-order valence-corrected chi connectivity index (χ4v) is 5.58. The minimum Gasteiger partial charge on any atom is -0.478 e. The Labute approximate surface area is 144 Å². The molecule has 124 valence electrons. The summed E-state index contributed by atoms with van der Waals surface area (Å²) >= 11 is 3.19. The van der Waals surface area contributed by atoms with Crippen molar-refractivity contribution in [2.45, 2.75) is 46.6 Å². The van der Waals surface area contributed by atoms with Gasteiger partial charge in [0.05, 0.1) is 32.6 Å². The molecule has 0 aliphatic heterocycles. The number of aromatic carboxylic acids is 1. The second kappa shape index (κ2) is 6.00. The lowest BCUT2D eigenvalue weighted by Gasteiger charge is -2.29. The van der Waals surface area contributed by atoms with E-state index in [2.05, 4.69) is 18.8 Å². The Morgan fingerprint density at radius 1 is 1.35 bits per heavy atom. The second-order valence-electron chi connectivity index (χ2n) is 6.80. The third kappa shape index (κ3) is 3.07. The number of rotatable bonds is 4. The molecule has 0 spiro atoms. The van der Waals surface area contributed by atoms with E-state index in [-0.39, 0.29) is 5.41 Å². The maximum atomic E-state index is 12.0. The van der Waals surface area contributed by atoms with Crippen molar-refractivity contribution in [2.75, 3.05) is 7.11 Å². The van der Waals surface area contributed by atoms with E-state index in [4.69, 9.17) is 4.74 Å². The van der Waals surface area contributed by atoms with Crippen LogP contribution in [0.15, 0.2) is 0 Å². The number of aryl methyl sites for hydroxylation is 2. The van der Waals surface area contributed by atoms with E-state index in [1.54, 1.807) is 29.8 Å². The molecule has 0 fully saturated rings. The minimum absolute atomic E-state index is 0.161. The van der Waals surface area contributed by atoms with Gasteiger partial charge >= 0.3 is 5.97 Å². The summed E-state index contributed by atoms with van der Waals surface area (Å²) in [6.45, 7) is 6.79. The Morgan fingerprint density at radius 2 is 2.09 bits per heavy atom. The number of hydrogen-bond donors (Lipinski definition) is 1. The van der Waals surface area contributed by atoms with Crippen LogP contribution < -0.4 is 0 Å². The van der Waals surface area contributed by atoms with Crippen molar-refractivity contribution >= 4 is 28.6 Å². The van der Waals surface area contributed by atoms with Crippen LogP contribution in [-0.4, -0.2) is 23.2 Å². The van der Waals surface area contributed by atoms with E-state index in [9.17, 15) is 9.90 Å². The highest BCUT2D eigenvalue weighted by atomic mass is 32.1. The van der Waals surface area contributed by atoms with E-state index in [0.717, 1.165) is 45.3 Å². The topological polar surface area (TPSA) is 59.4 Å². The normalized spacial score (nSPS) is 16.3. The Kier molecular flexibility index (Phi) is 4.33. The van der Waals surface area contributed by atoms with Gasteiger partial charge in [0.2, 0.25) is 0 Å². The number of carboxylic acid groups (broad SMARTS) is 1. The first-order valence-electron chi connectivity index (χ1n) is 7.66. The number of fused-ring (bicyclic) bond motifs is 1. The SMILES string of the molecule is COCc1nc(C)sc1-c1sc2c(c1C(=O)O)CC(C)(C)CC2. The monoisotopic (exact) mass is 351 g/mol. The van der Waals surface area contributed by atoms with Crippen molar-refractivity contribution in [1.29, 1.82) is 0 Å². The number of ether oxygens (including phenoxy) is 1. The molecule has 0 aromatic carbocycles. The number of aromatic nitrogens is 1. The molecule has 2 heterocycles. The highest BCUT2D eigenvalue weighted by Crippen LogP contribution is 2.47. The van der Waals surface area contributed by atoms with Crippen molar-refractivity contribution in [2.24, 2.45) is 5.41 Å². The van der Waals surface area contributed by atoms with Crippen LogP contribution in [0.2, 0.25) is 0 Å². The molecule has 23 heavy (non-hydrogen) atoms. The molecule has 0 saturated heterocycles. The number of thiazole rings is 1. The highest BCUT2D eigenvalue weighted by Gasteiger charge is 2.34. The molecule has 0 atom stereocenters. The van der Waals surface area contributed by atoms with Crippen LogP contribution in [0.4, 0.5) is 0 Å². The van der Waals surface area contributed by atoms with Gasteiger partial charge in [0.15, 0.2) is 0 Å². The number of carboxylic acids is 1. The molecule has 1 aliphatic rings. The lowest BCUT2D eigenvalue weighted by Crippen LogP contribution is -2.22. The third-order valence-electron chi connectivity index (χ3n) is 4.28. The Hall–Kier alpha value is -1.24. The molecule has 6 heteroatoms. The molecule has 2 aromatic rings. The van der Waals surface area contributed by atoms with E-state index in [1.807, 2.05) is 6.92 Å². The minimum atomic E-state index is -0.829. The maximum Gasteiger partial charge on any atom is 0.337 e. The van der Waals surface area contributed by atoms with Gasteiger partial charge in [-0.1, -0.05) is 13.8 Å². The first-order chi connectivity index (χ1) is 10.8. The molecule has 0 amide bonds. The molecule has 2 aromatic heterocycles. The Bertz CT molecular complexity index is 758. The number of carbonyl (C=O) groups is 1. The highest BCUT2D eigenvalue weighted by molar-refractivity contribution is 7.22. The number of nitrogens with zero attached hydrogens (tertiary/aromatic N) is 1. The van der Waals surface area contributed by atoms with Crippen LogP contribution in [-0.2, 0) is 24.2 Å². The molecular formula is C17H21NO3S2. The first kappa shape index (κ1) is 16.6. The third-order valence-corrected chi connectivity index (χ3v) is 6.75. The molecule has 0 radical (unpaired) electrons. The van der Waals surface area contributed by atoms with Crippen LogP contribution in [0.25, 0.3) is 9.75 Å². The molecule has 0 saturated carbocycles. The van der Waals surface area contributed by atoms with Crippen molar-refractivity contribution in [1.82, 2.24) is 4.98 Å². The fraction of sp³-hybridized carbons (Fsp3) is 0.529. The second-order valence-corrected chi connectivity index (χ2v) is 9.10. The quantitative estimate of drug-likeness (QED) is 0.878. The summed E-state index contributed by atoms with van der Waals surface area (Å²) in [4.78, 5) is 19.5. The van der Waals surface area contributed by atoms with Gasteiger partial charge in [0, 0.05) is 12.0 Å². The molecule has 0 bridgehead atoms. The zero-order chi connectivity index (χ0) is 16.8. The van der Waals surface area contributed by atoms with Crippen LogP contribution in [0.5, 0.6) is 0 Å². The summed E-state index contributed by atoms with van der Waals surface area (Å²) in [7, 11) is 1.64. The van der Waals surface area contributed by atoms with Gasteiger partial charge in [-0.2, -0.15) is 0 Å². The van der Waals surface area contributed by atoms with Crippen LogP contribution in [0.1, 0.15) is 51.8 Å². The average Bonchev–Trinajstić information content (AvgIpc) is 2.98. The zero-order valence-corrected chi connectivity index (χ0v) is 15.5. The molecule has 1 N–H and O–H groups in total. The van der Waals surface area contributed by atoms with Crippen molar-refractivity contribution in [3.8, 4) is 9.75 Å². The zero-order valence-electron chi connectivity index (χ0n) is 13.9. The van der Waals surface area contributed by atoms with Crippen LogP contribution in [0, 0.1) is 12.3 Å². The standard InChI is InChI=1S/C17H21NO3S2/c1-9-18-11(8-21-4)14(22-9)15-13(16(19)20)10-7-17(2,3)6-5-12(10)23-15/h5-8H2,1-4H3,(H,19,20). The largest absolute Gasteiger partial charge is 0.478 e. The Balaban J connectivity index is 2.18. The van der Waals surface area contributed by atoms with Gasteiger partial charge in [-0.05, 0) is 37.2 Å². The smallest absolute Gasteiger partial charge is 0.337 e.